The van der Waals surface area contributed by atoms with E-state index in [2.05, 4.69) is 9.97 Å². The van der Waals surface area contributed by atoms with Crippen LogP contribution in [-0.2, 0) is 4.79 Å². The van der Waals surface area contributed by atoms with E-state index >= 15 is 0 Å². The molecular formula is C28H16Cl2N2O5. The van der Waals surface area contributed by atoms with Crippen LogP contribution in [0.1, 0.15) is 32.8 Å². The number of hydrogen-bond donors (Lipinski definition) is 2. The second-order valence-electron chi connectivity index (χ2n) is 8.19. The first-order valence-electron chi connectivity index (χ1n) is 11.0. The quantitative estimate of drug-likeness (QED) is 0.244. The van der Waals surface area contributed by atoms with Crippen molar-refractivity contribution in [3.63, 3.8) is 0 Å². The van der Waals surface area contributed by atoms with Crippen molar-refractivity contribution in [2.75, 3.05) is 0 Å². The summed E-state index contributed by atoms with van der Waals surface area (Å²) in [6.07, 6.45) is 1.55. The van der Waals surface area contributed by atoms with E-state index in [1.807, 2.05) is 36.4 Å². The lowest BCUT2D eigenvalue weighted by molar-refractivity contribution is -0.130. The fourth-order valence-corrected chi connectivity index (χ4v) is 4.76. The zero-order chi connectivity index (χ0) is 26.3. The minimum Gasteiger partial charge on any atom is -0.478 e. The molecule has 0 amide bonds. The van der Waals surface area contributed by atoms with Gasteiger partial charge in [0.2, 0.25) is 0 Å². The summed E-state index contributed by atoms with van der Waals surface area (Å²) in [7, 11) is 0. The standard InChI is InChI=1S/C14H7Cl2NO2.C14H9NO3/c15-9-6-5-8(14(18)19)11-12(16)7-3-1-2-4-10(7)17-13(9)11;16-12-6-5-9(14(17)18)13-10(12)7-8-3-1-2-4-11(8)15-13/h1-6H,(H,18,19);1-5,7H,6H2,(H,17,18). The minimum absolute atomic E-state index is 0.0896. The Kier molecular flexibility index (Phi) is 6.33. The Morgan fingerprint density at radius 1 is 0.838 bits per heavy atom. The summed E-state index contributed by atoms with van der Waals surface area (Å²) >= 11 is 12.4. The molecule has 2 aromatic heterocycles. The summed E-state index contributed by atoms with van der Waals surface area (Å²) in [6, 6.07) is 19.3. The van der Waals surface area contributed by atoms with Crippen molar-refractivity contribution >= 4 is 79.2 Å². The number of rotatable bonds is 2. The van der Waals surface area contributed by atoms with Crippen molar-refractivity contribution in [2.24, 2.45) is 0 Å². The number of halogens is 2. The second-order valence-corrected chi connectivity index (χ2v) is 8.98. The van der Waals surface area contributed by atoms with Crippen LogP contribution >= 0.6 is 23.2 Å². The number of hydrogen-bond acceptors (Lipinski definition) is 5. The SMILES string of the molecule is O=C(O)C1=CCC(=O)c2cc3ccccc3nc21.O=C(O)c1ccc(Cl)c2nc3ccccc3c(Cl)c12. The van der Waals surface area contributed by atoms with Gasteiger partial charge in [0, 0.05) is 28.1 Å². The van der Waals surface area contributed by atoms with E-state index in [1.165, 1.54) is 18.2 Å². The van der Waals surface area contributed by atoms with Crippen LogP contribution in [0.2, 0.25) is 10.0 Å². The summed E-state index contributed by atoms with van der Waals surface area (Å²) in [6.45, 7) is 0. The number of carbonyl (C=O) groups excluding carboxylic acids is 1. The number of fused-ring (bicyclic) bond motifs is 4. The van der Waals surface area contributed by atoms with Crippen LogP contribution in [0.4, 0.5) is 0 Å². The molecule has 9 heteroatoms. The average Bonchev–Trinajstić information content (AvgIpc) is 2.89. The lowest BCUT2D eigenvalue weighted by atomic mass is 9.93. The first-order valence-corrected chi connectivity index (χ1v) is 11.8. The van der Waals surface area contributed by atoms with Crippen molar-refractivity contribution in [3.05, 3.63) is 99.7 Å². The number of ketones is 1. The molecule has 5 aromatic rings. The Morgan fingerprint density at radius 2 is 1.54 bits per heavy atom. The summed E-state index contributed by atoms with van der Waals surface area (Å²) in [4.78, 5) is 42.9. The van der Waals surface area contributed by atoms with E-state index in [0.29, 0.717) is 42.9 Å². The first kappa shape index (κ1) is 24.4. The molecule has 0 bridgehead atoms. The van der Waals surface area contributed by atoms with Gasteiger partial charge in [0.25, 0.3) is 0 Å². The molecule has 37 heavy (non-hydrogen) atoms. The van der Waals surface area contributed by atoms with Crippen LogP contribution in [0.25, 0.3) is 38.3 Å². The average molecular weight is 531 g/mol. The van der Waals surface area contributed by atoms with Gasteiger partial charge in [0.15, 0.2) is 5.78 Å². The molecule has 7 nitrogen and oxygen atoms in total. The first-order chi connectivity index (χ1) is 17.8. The summed E-state index contributed by atoms with van der Waals surface area (Å²) in [5, 5.41) is 21.0. The van der Waals surface area contributed by atoms with Gasteiger partial charge < -0.3 is 10.2 Å². The summed E-state index contributed by atoms with van der Waals surface area (Å²) < 4.78 is 0. The van der Waals surface area contributed by atoms with Gasteiger partial charge in [0.05, 0.1) is 43.4 Å². The van der Waals surface area contributed by atoms with E-state index in [1.54, 1.807) is 18.2 Å². The van der Waals surface area contributed by atoms with E-state index in [-0.39, 0.29) is 29.0 Å². The Morgan fingerprint density at radius 3 is 2.27 bits per heavy atom. The number of pyridine rings is 2. The van der Waals surface area contributed by atoms with Crippen molar-refractivity contribution in [1.29, 1.82) is 0 Å². The molecule has 6 rings (SSSR count). The molecule has 0 saturated heterocycles. The lowest BCUT2D eigenvalue weighted by Gasteiger charge is -2.14. The predicted molar refractivity (Wildman–Crippen MR) is 143 cm³/mol. The van der Waals surface area contributed by atoms with E-state index < -0.39 is 11.9 Å². The number of aliphatic carboxylic acids is 1. The van der Waals surface area contributed by atoms with Gasteiger partial charge in [-0.2, -0.15) is 0 Å². The highest BCUT2D eigenvalue weighted by atomic mass is 35.5. The third-order valence-electron chi connectivity index (χ3n) is 5.95. The lowest BCUT2D eigenvalue weighted by Crippen LogP contribution is -2.14. The van der Waals surface area contributed by atoms with Crippen LogP contribution in [-0.4, -0.2) is 37.9 Å². The summed E-state index contributed by atoms with van der Waals surface area (Å²) in [5.74, 6) is -2.19. The third-order valence-corrected chi connectivity index (χ3v) is 6.65. The van der Waals surface area contributed by atoms with Gasteiger partial charge in [-0.3, -0.25) is 4.79 Å². The monoisotopic (exact) mass is 530 g/mol. The number of aromatic carboxylic acids is 1. The maximum Gasteiger partial charge on any atom is 0.337 e. The van der Waals surface area contributed by atoms with Gasteiger partial charge >= 0.3 is 11.9 Å². The number of carboxylic acids is 2. The van der Waals surface area contributed by atoms with Crippen LogP contribution in [0, 0.1) is 0 Å². The predicted octanol–water partition coefficient (Wildman–Crippen LogP) is 6.68. The van der Waals surface area contributed by atoms with E-state index in [9.17, 15) is 19.5 Å². The van der Waals surface area contributed by atoms with Gasteiger partial charge in [-0.25, -0.2) is 19.6 Å². The molecule has 0 atom stereocenters. The number of carbonyl (C=O) groups is 3. The highest BCUT2D eigenvalue weighted by Gasteiger charge is 2.25. The Labute approximate surface area is 219 Å². The molecular weight excluding hydrogens is 515 g/mol. The molecule has 2 heterocycles. The molecule has 0 saturated carbocycles. The highest BCUT2D eigenvalue weighted by Crippen LogP contribution is 2.35. The fraction of sp³-hybridized carbons (Fsp3) is 0.0357. The Hall–Kier alpha value is -4.33. The van der Waals surface area contributed by atoms with E-state index in [0.717, 1.165) is 5.39 Å². The molecule has 0 unspecified atom stereocenters. The molecule has 1 aliphatic rings. The zero-order valence-electron chi connectivity index (χ0n) is 18.9. The number of carboxylic acid groups (broad SMARTS) is 2. The molecule has 0 fully saturated rings. The van der Waals surface area contributed by atoms with Gasteiger partial charge in [0.1, 0.15) is 0 Å². The maximum atomic E-state index is 11.8. The third kappa shape index (κ3) is 4.39. The van der Waals surface area contributed by atoms with Crippen LogP contribution in [0.15, 0.2) is 72.8 Å². The molecule has 1 aliphatic carbocycles. The van der Waals surface area contributed by atoms with Crippen LogP contribution < -0.4 is 0 Å². The topological polar surface area (TPSA) is 117 Å². The second kappa shape index (κ2) is 9.61. The van der Waals surface area contributed by atoms with Crippen molar-refractivity contribution in [3.8, 4) is 0 Å². The van der Waals surface area contributed by atoms with Crippen LogP contribution in [0.5, 0.6) is 0 Å². The highest BCUT2D eigenvalue weighted by molar-refractivity contribution is 6.43. The normalized spacial score (nSPS) is 12.6. The minimum atomic E-state index is -1.05. The smallest absolute Gasteiger partial charge is 0.337 e. The number of benzene rings is 3. The number of allylic oxidation sites excluding steroid dienone is 1. The largest absolute Gasteiger partial charge is 0.478 e. The van der Waals surface area contributed by atoms with Crippen LogP contribution in [0.3, 0.4) is 0 Å². The number of Topliss-reactive ketones (excluding diaryl/α,β-unsaturated/α-hetero) is 1. The number of nitrogens with zero attached hydrogens (tertiary/aromatic N) is 2. The molecule has 3 aromatic carbocycles. The van der Waals surface area contributed by atoms with Crippen molar-refractivity contribution in [1.82, 2.24) is 9.97 Å². The molecule has 2 N–H and O–H groups in total. The van der Waals surface area contributed by atoms with E-state index in [4.69, 9.17) is 28.3 Å². The van der Waals surface area contributed by atoms with Gasteiger partial charge in [-0.1, -0.05) is 65.7 Å². The van der Waals surface area contributed by atoms with Gasteiger partial charge in [-0.15, -0.1) is 0 Å². The number of aromatic nitrogens is 2. The van der Waals surface area contributed by atoms with Crippen molar-refractivity contribution in [2.45, 2.75) is 6.42 Å². The fourth-order valence-electron chi connectivity index (χ4n) is 4.21. The molecule has 0 spiro atoms. The maximum absolute atomic E-state index is 11.8. The zero-order valence-corrected chi connectivity index (χ0v) is 20.4. The number of para-hydroxylation sites is 2. The van der Waals surface area contributed by atoms with Gasteiger partial charge in [-0.05, 0) is 30.3 Å². The van der Waals surface area contributed by atoms with Crippen molar-refractivity contribution < 1.29 is 24.6 Å². The molecule has 0 radical (unpaired) electrons. The summed E-state index contributed by atoms with van der Waals surface area (Å²) in [5.41, 5.74) is 2.66. The Balaban J connectivity index is 0.000000152. The Bertz CT molecular complexity index is 1810. The molecule has 182 valence electrons. The molecule has 0 aliphatic heterocycles.